The molecule has 1 aliphatic rings. The molecule has 0 spiro atoms. The molecule has 1 saturated heterocycles. The first kappa shape index (κ1) is 12.4. The van der Waals surface area contributed by atoms with Crippen molar-refractivity contribution in [2.45, 2.75) is 39.2 Å². The van der Waals surface area contributed by atoms with Crippen LogP contribution in [0, 0.1) is 0 Å². The van der Waals surface area contributed by atoms with Crippen molar-refractivity contribution >= 4 is 5.57 Å². The van der Waals surface area contributed by atoms with E-state index in [-0.39, 0.29) is 0 Å². The molecule has 1 atom stereocenters. The molecule has 0 aromatic heterocycles. The van der Waals surface area contributed by atoms with Crippen molar-refractivity contribution in [3.8, 4) is 0 Å². The van der Waals surface area contributed by atoms with E-state index < -0.39 is 0 Å². The molecule has 92 valence electrons. The van der Waals surface area contributed by atoms with Crippen molar-refractivity contribution in [3.63, 3.8) is 0 Å². The fourth-order valence-corrected chi connectivity index (χ4v) is 2.77. The Kier molecular flexibility index (Phi) is 4.01. The summed E-state index contributed by atoms with van der Waals surface area (Å²) in [6.45, 7) is 10.9. The van der Waals surface area contributed by atoms with Crippen LogP contribution in [0.4, 0.5) is 0 Å². The zero-order valence-corrected chi connectivity index (χ0v) is 11.1. The van der Waals surface area contributed by atoms with E-state index in [1.54, 1.807) is 0 Å². The van der Waals surface area contributed by atoms with E-state index in [9.17, 15) is 0 Å². The lowest BCUT2D eigenvalue weighted by Gasteiger charge is -2.27. The van der Waals surface area contributed by atoms with Gasteiger partial charge < -0.3 is 0 Å². The van der Waals surface area contributed by atoms with E-state index in [0.29, 0.717) is 6.04 Å². The van der Waals surface area contributed by atoms with Gasteiger partial charge in [-0.2, -0.15) is 0 Å². The second kappa shape index (κ2) is 5.50. The van der Waals surface area contributed by atoms with Crippen LogP contribution in [0.2, 0.25) is 0 Å². The van der Waals surface area contributed by atoms with Crippen molar-refractivity contribution in [1.29, 1.82) is 0 Å². The van der Waals surface area contributed by atoms with Gasteiger partial charge in [-0.05, 0) is 56.5 Å². The molecule has 1 unspecified atom stereocenters. The average molecular weight is 229 g/mol. The molecule has 1 aliphatic heterocycles. The Morgan fingerprint density at radius 2 is 2.06 bits per heavy atom. The third-order valence-electron chi connectivity index (χ3n) is 3.73. The quantitative estimate of drug-likeness (QED) is 0.745. The summed E-state index contributed by atoms with van der Waals surface area (Å²) in [5.41, 5.74) is 3.89. The highest BCUT2D eigenvalue weighted by Gasteiger charge is 2.21. The molecule has 1 aromatic rings. The predicted octanol–water partition coefficient (Wildman–Crippen LogP) is 4.27. The topological polar surface area (TPSA) is 3.24 Å². The highest BCUT2D eigenvalue weighted by molar-refractivity contribution is 5.61. The molecule has 1 nitrogen and oxygen atoms in total. The van der Waals surface area contributed by atoms with Gasteiger partial charge in [0, 0.05) is 6.04 Å². The van der Waals surface area contributed by atoms with Crippen molar-refractivity contribution in [2.24, 2.45) is 0 Å². The first-order chi connectivity index (χ1) is 8.22. The molecule has 1 heteroatoms. The van der Waals surface area contributed by atoms with E-state index in [0.717, 1.165) is 5.57 Å². The molecule has 0 radical (unpaired) electrons. The van der Waals surface area contributed by atoms with Crippen molar-refractivity contribution in [2.75, 3.05) is 13.1 Å². The highest BCUT2D eigenvalue weighted by atomic mass is 15.2. The van der Waals surface area contributed by atoms with E-state index >= 15 is 0 Å². The van der Waals surface area contributed by atoms with Crippen LogP contribution >= 0.6 is 0 Å². The van der Waals surface area contributed by atoms with Crippen molar-refractivity contribution < 1.29 is 0 Å². The number of hydrogen-bond donors (Lipinski definition) is 0. The molecule has 0 amide bonds. The number of hydrogen-bond acceptors (Lipinski definition) is 1. The summed E-state index contributed by atoms with van der Waals surface area (Å²) in [7, 11) is 0. The average Bonchev–Trinajstić information content (AvgIpc) is 2.84. The van der Waals surface area contributed by atoms with Crippen LogP contribution < -0.4 is 0 Å². The second-order valence-corrected chi connectivity index (χ2v) is 5.07. The molecule has 0 N–H and O–H groups in total. The molecular weight excluding hydrogens is 206 g/mol. The van der Waals surface area contributed by atoms with Gasteiger partial charge in [-0.25, -0.2) is 0 Å². The first-order valence-corrected chi connectivity index (χ1v) is 6.72. The van der Waals surface area contributed by atoms with Crippen LogP contribution in [-0.4, -0.2) is 18.0 Å². The van der Waals surface area contributed by atoms with Gasteiger partial charge in [0.15, 0.2) is 0 Å². The number of likely N-dealkylation sites (tertiary alicyclic amines) is 1. The Labute approximate surface area is 105 Å². The Morgan fingerprint density at radius 1 is 1.35 bits per heavy atom. The molecule has 0 bridgehead atoms. The van der Waals surface area contributed by atoms with Gasteiger partial charge in [-0.15, -0.1) is 0 Å². The first-order valence-electron chi connectivity index (χ1n) is 6.72. The van der Waals surface area contributed by atoms with E-state index in [1.807, 2.05) is 0 Å². The Morgan fingerprint density at radius 3 is 2.65 bits per heavy atom. The minimum Gasteiger partial charge on any atom is -0.296 e. The van der Waals surface area contributed by atoms with Crippen LogP contribution in [0.1, 0.15) is 50.3 Å². The van der Waals surface area contributed by atoms with Gasteiger partial charge in [0.1, 0.15) is 0 Å². The summed E-state index contributed by atoms with van der Waals surface area (Å²) >= 11 is 0. The highest BCUT2D eigenvalue weighted by Crippen LogP contribution is 2.29. The minimum absolute atomic E-state index is 0.594. The molecule has 0 aliphatic carbocycles. The van der Waals surface area contributed by atoms with E-state index in [1.165, 1.54) is 43.5 Å². The van der Waals surface area contributed by atoms with Gasteiger partial charge >= 0.3 is 0 Å². The number of allylic oxidation sites excluding steroid dienone is 1. The minimum atomic E-state index is 0.594. The van der Waals surface area contributed by atoms with Crippen LogP contribution in [0.25, 0.3) is 5.57 Å². The summed E-state index contributed by atoms with van der Waals surface area (Å²) in [4.78, 5) is 2.62. The van der Waals surface area contributed by atoms with Gasteiger partial charge in [-0.1, -0.05) is 37.3 Å². The summed E-state index contributed by atoms with van der Waals surface area (Å²) in [5.74, 6) is 0. The molecule has 1 aromatic carbocycles. The van der Waals surface area contributed by atoms with Gasteiger partial charge in [0.2, 0.25) is 0 Å². The SMILES string of the molecule is C=C(C)c1cccc(C(CC)N2CCCC2)c1. The Hall–Kier alpha value is -1.08. The second-order valence-electron chi connectivity index (χ2n) is 5.07. The lowest BCUT2D eigenvalue weighted by Crippen LogP contribution is -2.25. The predicted molar refractivity (Wildman–Crippen MR) is 75.0 cm³/mol. The normalized spacial score (nSPS) is 18.2. The summed E-state index contributed by atoms with van der Waals surface area (Å²) in [6, 6.07) is 9.49. The number of rotatable bonds is 4. The molecule has 17 heavy (non-hydrogen) atoms. The number of nitrogens with zero attached hydrogens (tertiary/aromatic N) is 1. The Bertz CT molecular complexity index is 388. The molecule has 1 heterocycles. The van der Waals surface area contributed by atoms with Crippen LogP contribution in [0.5, 0.6) is 0 Å². The maximum absolute atomic E-state index is 4.04. The van der Waals surface area contributed by atoms with Crippen LogP contribution in [0.15, 0.2) is 30.8 Å². The summed E-state index contributed by atoms with van der Waals surface area (Å²) in [6.07, 6.45) is 3.91. The molecule has 2 rings (SSSR count). The van der Waals surface area contributed by atoms with Gasteiger partial charge in [0.05, 0.1) is 0 Å². The third kappa shape index (κ3) is 2.78. The lowest BCUT2D eigenvalue weighted by molar-refractivity contribution is 0.239. The summed E-state index contributed by atoms with van der Waals surface area (Å²) < 4.78 is 0. The maximum Gasteiger partial charge on any atom is 0.0345 e. The standard InChI is InChI=1S/C16H23N/c1-4-16(17-10-5-6-11-17)15-9-7-8-14(12-15)13(2)3/h7-9,12,16H,2,4-6,10-11H2,1,3H3. The van der Waals surface area contributed by atoms with E-state index in [2.05, 4.69) is 49.6 Å². The fraction of sp³-hybridized carbons (Fsp3) is 0.500. The summed E-state index contributed by atoms with van der Waals surface area (Å²) in [5, 5.41) is 0. The zero-order valence-electron chi connectivity index (χ0n) is 11.1. The smallest absolute Gasteiger partial charge is 0.0345 e. The Balaban J connectivity index is 2.23. The lowest BCUT2D eigenvalue weighted by atomic mass is 9.98. The molecule has 0 saturated carbocycles. The zero-order chi connectivity index (χ0) is 12.3. The fourth-order valence-electron chi connectivity index (χ4n) is 2.77. The van der Waals surface area contributed by atoms with Crippen LogP contribution in [0.3, 0.4) is 0 Å². The van der Waals surface area contributed by atoms with Crippen LogP contribution in [-0.2, 0) is 0 Å². The third-order valence-corrected chi connectivity index (χ3v) is 3.73. The van der Waals surface area contributed by atoms with Crippen molar-refractivity contribution in [1.82, 2.24) is 4.90 Å². The van der Waals surface area contributed by atoms with E-state index in [4.69, 9.17) is 0 Å². The monoisotopic (exact) mass is 229 g/mol. The maximum atomic E-state index is 4.04. The van der Waals surface area contributed by atoms with Crippen molar-refractivity contribution in [3.05, 3.63) is 42.0 Å². The largest absolute Gasteiger partial charge is 0.296 e. The van der Waals surface area contributed by atoms with Gasteiger partial charge in [0.25, 0.3) is 0 Å². The number of benzene rings is 1. The van der Waals surface area contributed by atoms with Gasteiger partial charge in [-0.3, -0.25) is 4.90 Å². The molecular formula is C16H23N. The molecule has 1 fully saturated rings.